The zero-order chi connectivity index (χ0) is 16.9. The molecule has 0 atom stereocenters. The van der Waals surface area contributed by atoms with Crippen LogP contribution in [-0.4, -0.2) is 29.4 Å². The summed E-state index contributed by atoms with van der Waals surface area (Å²) in [5.74, 6) is 0. The van der Waals surface area contributed by atoms with Crippen molar-refractivity contribution in [1.82, 2.24) is 9.44 Å². The molecule has 2 rings (SSSR count). The summed E-state index contributed by atoms with van der Waals surface area (Å²) in [6.07, 6.45) is 5.56. The van der Waals surface area contributed by atoms with Crippen LogP contribution in [0.3, 0.4) is 0 Å². The Bertz CT molecular complexity index is 726. The Morgan fingerprint density at radius 1 is 1.00 bits per heavy atom. The van der Waals surface area contributed by atoms with Gasteiger partial charge in [-0.15, -0.1) is 0 Å². The Balaban J connectivity index is 2.05. The first-order valence-electron chi connectivity index (χ1n) is 7.97. The van der Waals surface area contributed by atoms with Gasteiger partial charge >= 0.3 is 0 Å². The summed E-state index contributed by atoms with van der Waals surface area (Å²) >= 11 is 0. The van der Waals surface area contributed by atoms with Crippen LogP contribution in [0.1, 0.15) is 45.4 Å². The third kappa shape index (κ3) is 5.56. The Morgan fingerprint density at radius 3 is 2.26 bits per heavy atom. The quantitative estimate of drug-likeness (QED) is 0.624. The number of unbranched alkanes of at least 4 members (excludes halogenated alkanes) is 3. The molecule has 0 radical (unpaired) electrons. The van der Waals surface area contributed by atoms with Gasteiger partial charge in [-0.2, -0.15) is 0 Å². The summed E-state index contributed by atoms with van der Waals surface area (Å²) in [5, 5.41) is 0. The second-order valence-corrected chi connectivity index (χ2v) is 9.31. The highest BCUT2D eigenvalue weighted by Gasteiger charge is 2.28. The summed E-state index contributed by atoms with van der Waals surface area (Å²) in [7, 11) is -7.34. The molecule has 6 nitrogen and oxygen atoms in total. The third-order valence-corrected chi connectivity index (χ3v) is 6.62. The molecule has 0 heterocycles. The van der Waals surface area contributed by atoms with E-state index in [0.717, 1.165) is 38.5 Å². The van der Waals surface area contributed by atoms with Crippen LogP contribution in [0, 0.1) is 0 Å². The van der Waals surface area contributed by atoms with Crippen LogP contribution in [0.4, 0.5) is 0 Å². The minimum atomic E-state index is -3.69. The van der Waals surface area contributed by atoms with E-state index in [4.69, 9.17) is 0 Å². The largest absolute Gasteiger partial charge is 0.240 e. The molecule has 1 fully saturated rings. The van der Waals surface area contributed by atoms with Gasteiger partial charge in [-0.1, -0.05) is 32.3 Å². The molecule has 0 aromatic heterocycles. The lowest BCUT2D eigenvalue weighted by Crippen LogP contribution is -2.27. The highest BCUT2D eigenvalue weighted by atomic mass is 32.2. The first kappa shape index (κ1) is 18.4. The molecule has 0 unspecified atom stereocenters. The third-order valence-electron chi connectivity index (χ3n) is 3.65. The van der Waals surface area contributed by atoms with Crippen LogP contribution < -0.4 is 9.44 Å². The van der Waals surface area contributed by atoms with Gasteiger partial charge < -0.3 is 0 Å². The molecule has 1 aliphatic carbocycles. The lowest BCUT2D eigenvalue weighted by Gasteiger charge is -2.09. The van der Waals surface area contributed by atoms with Crippen molar-refractivity contribution in [3.05, 3.63) is 24.3 Å². The molecule has 2 N–H and O–H groups in total. The molecule has 1 aliphatic rings. The van der Waals surface area contributed by atoms with Crippen molar-refractivity contribution in [2.45, 2.75) is 61.3 Å². The number of rotatable bonds is 10. The van der Waals surface area contributed by atoms with Gasteiger partial charge in [-0.3, -0.25) is 0 Å². The molecular formula is C15H24N2O4S2. The minimum absolute atomic E-state index is 0.0155. The van der Waals surface area contributed by atoms with Crippen molar-refractivity contribution in [2.24, 2.45) is 0 Å². The molecule has 1 saturated carbocycles. The van der Waals surface area contributed by atoms with E-state index in [1.54, 1.807) is 0 Å². The van der Waals surface area contributed by atoms with Crippen molar-refractivity contribution in [3.63, 3.8) is 0 Å². The molecule has 1 aromatic carbocycles. The molecule has 0 saturated heterocycles. The fraction of sp³-hybridized carbons (Fsp3) is 0.600. The molecular weight excluding hydrogens is 336 g/mol. The number of sulfonamides is 2. The molecule has 0 aliphatic heterocycles. The van der Waals surface area contributed by atoms with Gasteiger partial charge in [0.15, 0.2) is 0 Å². The highest BCUT2D eigenvalue weighted by molar-refractivity contribution is 7.90. The summed E-state index contributed by atoms with van der Waals surface area (Å²) in [6.45, 7) is 2.45. The van der Waals surface area contributed by atoms with Gasteiger partial charge in [-0.05, 0) is 37.5 Å². The van der Waals surface area contributed by atoms with Gasteiger partial charge in [0.2, 0.25) is 20.0 Å². The van der Waals surface area contributed by atoms with Crippen LogP contribution in [0.5, 0.6) is 0 Å². The second kappa shape index (κ2) is 7.74. The fourth-order valence-electron chi connectivity index (χ4n) is 2.14. The molecule has 1 aromatic rings. The van der Waals surface area contributed by atoms with Gasteiger partial charge in [0.25, 0.3) is 0 Å². The number of hydrogen-bond donors (Lipinski definition) is 2. The van der Waals surface area contributed by atoms with E-state index >= 15 is 0 Å². The van der Waals surface area contributed by atoms with E-state index in [9.17, 15) is 16.8 Å². The van der Waals surface area contributed by atoms with E-state index in [2.05, 4.69) is 16.4 Å². The molecule has 23 heavy (non-hydrogen) atoms. The zero-order valence-corrected chi connectivity index (χ0v) is 14.9. The lowest BCUT2D eigenvalue weighted by atomic mass is 10.2. The van der Waals surface area contributed by atoms with Crippen LogP contribution in [0.25, 0.3) is 0 Å². The molecule has 130 valence electrons. The first-order valence-corrected chi connectivity index (χ1v) is 10.9. The minimum Gasteiger partial charge on any atom is -0.211 e. The number of benzene rings is 1. The Labute approximate surface area is 138 Å². The van der Waals surface area contributed by atoms with Gasteiger partial charge in [0.05, 0.1) is 9.79 Å². The van der Waals surface area contributed by atoms with E-state index in [-0.39, 0.29) is 15.8 Å². The maximum Gasteiger partial charge on any atom is 0.240 e. The predicted molar refractivity (Wildman–Crippen MR) is 89.1 cm³/mol. The monoisotopic (exact) mass is 360 g/mol. The van der Waals surface area contributed by atoms with Gasteiger partial charge in [0, 0.05) is 12.6 Å². The Kier molecular flexibility index (Phi) is 6.19. The predicted octanol–water partition coefficient (Wildman–Crippen LogP) is 1.99. The van der Waals surface area contributed by atoms with Gasteiger partial charge in [-0.25, -0.2) is 26.3 Å². The topological polar surface area (TPSA) is 92.3 Å². The van der Waals surface area contributed by atoms with Crippen molar-refractivity contribution in [3.8, 4) is 0 Å². The van der Waals surface area contributed by atoms with Gasteiger partial charge in [0.1, 0.15) is 0 Å². The van der Waals surface area contributed by atoms with Crippen molar-refractivity contribution >= 4 is 20.0 Å². The Morgan fingerprint density at radius 2 is 1.65 bits per heavy atom. The van der Waals surface area contributed by atoms with Crippen molar-refractivity contribution in [2.75, 3.05) is 6.54 Å². The number of nitrogens with one attached hydrogen (secondary N) is 2. The molecule has 0 bridgehead atoms. The normalized spacial score (nSPS) is 15.7. The van der Waals surface area contributed by atoms with E-state index in [1.807, 2.05) is 0 Å². The second-order valence-electron chi connectivity index (χ2n) is 5.83. The average molecular weight is 361 g/mol. The highest BCUT2D eigenvalue weighted by Crippen LogP contribution is 2.23. The maximum atomic E-state index is 12.3. The SMILES string of the molecule is CCCCCCNS(=O)(=O)c1cccc(S(=O)(=O)NC2CC2)c1. The lowest BCUT2D eigenvalue weighted by molar-refractivity contribution is 0.573. The molecule has 8 heteroatoms. The zero-order valence-electron chi connectivity index (χ0n) is 13.3. The van der Waals surface area contributed by atoms with Crippen molar-refractivity contribution < 1.29 is 16.8 Å². The summed E-state index contributed by atoms with van der Waals surface area (Å²) < 4.78 is 53.9. The summed E-state index contributed by atoms with van der Waals surface area (Å²) in [6, 6.07) is 5.46. The van der Waals surface area contributed by atoms with Crippen molar-refractivity contribution in [1.29, 1.82) is 0 Å². The molecule has 0 amide bonds. The fourth-order valence-corrected chi connectivity index (χ4v) is 4.68. The Hall–Kier alpha value is -0.960. The van der Waals surface area contributed by atoms with Crippen LogP contribution in [0.2, 0.25) is 0 Å². The first-order chi connectivity index (χ1) is 10.8. The standard InChI is InChI=1S/C15H24N2O4S2/c1-2-3-4-5-11-16-22(18,19)14-7-6-8-15(12-14)23(20,21)17-13-9-10-13/h6-8,12-13,16-17H,2-5,9-11H2,1H3. The molecule has 0 spiro atoms. The summed E-state index contributed by atoms with van der Waals surface area (Å²) in [5.41, 5.74) is 0. The summed E-state index contributed by atoms with van der Waals surface area (Å²) in [4.78, 5) is -0.0371. The van der Waals surface area contributed by atoms with Crippen LogP contribution in [0.15, 0.2) is 34.1 Å². The van der Waals surface area contributed by atoms with E-state index < -0.39 is 20.0 Å². The maximum absolute atomic E-state index is 12.3. The van der Waals surface area contributed by atoms with Crippen LogP contribution in [-0.2, 0) is 20.0 Å². The van der Waals surface area contributed by atoms with E-state index in [1.165, 1.54) is 24.3 Å². The smallest absolute Gasteiger partial charge is 0.211 e. The number of hydrogen-bond acceptors (Lipinski definition) is 4. The average Bonchev–Trinajstić information content (AvgIpc) is 3.30. The van der Waals surface area contributed by atoms with E-state index in [0.29, 0.717) is 6.54 Å². The van der Waals surface area contributed by atoms with Crippen LogP contribution >= 0.6 is 0 Å².